The summed E-state index contributed by atoms with van der Waals surface area (Å²) in [7, 11) is 0. The number of amides is 1. The fraction of sp³-hybridized carbons (Fsp3) is 0.235. The molecule has 0 radical (unpaired) electrons. The molecule has 1 amide bonds. The lowest BCUT2D eigenvalue weighted by Crippen LogP contribution is -2.27. The first-order chi connectivity index (χ1) is 11.7. The smallest absolute Gasteiger partial charge is 0.413 e. The van der Waals surface area contributed by atoms with Gasteiger partial charge in [-0.2, -0.15) is 0 Å². The number of ether oxygens (including phenoxy) is 1. The van der Waals surface area contributed by atoms with Crippen molar-refractivity contribution in [1.29, 1.82) is 0 Å². The van der Waals surface area contributed by atoms with Crippen molar-refractivity contribution in [3.05, 3.63) is 47.5 Å². The number of anilines is 1. The number of rotatable bonds is 2. The highest BCUT2D eigenvalue weighted by Gasteiger charge is 2.22. The van der Waals surface area contributed by atoms with E-state index in [1.165, 1.54) is 16.6 Å². The number of nitrogens with one attached hydrogen (secondary N) is 1. The van der Waals surface area contributed by atoms with Gasteiger partial charge in [0.05, 0.1) is 10.6 Å². The molecular formula is C17H16ClFN4O2. The molecule has 0 aliphatic carbocycles. The van der Waals surface area contributed by atoms with Gasteiger partial charge in [-0.1, -0.05) is 17.7 Å². The van der Waals surface area contributed by atoms with Crippen LogP contribution in [0, 0.1) is 5.82 Å². The summed E-state index contributed by atoms with van der Waals surface area (Å²) in [5, 5.41) is 6.91. The van der Waals surface area contributed by atoms with Gasteiger partial charge < -0.3 is 4.74 Å². The first-order valence-corrected chi connectivity index (χ1v) is 7.91. The zero-order chi connectivity index (χ0) is 18.2. The quantitative estimate of drug-likeness (QED) is 0.726. The molecule has 0 saturated carbocycles. The lowest BCUT2D eigenvalue weighted by molar-refractivity contribution is 0.0635. The molecule has 0 unspecified atom stereocenters. The maximum absolute atomic E-state index is 13.9. The van der Waals surface area contributed by atoms with Gasteiger partial charge >= 0.3 is 6.09 Å². The SMILES string of the molecule is CC(C)(C)OC(=O)Nc1nn2cccnc2c1-c1ccc(Cl)c(F)c1. The summed E-state index contributed by atoms with van der Waals surface area (Å²) in [4.78, 5) is 16.4. The minimum atomic E-state index is -0.661. The molecule has 8 heteroatoms. The highest BCUT2D eigenvalue weighted by Crippen LogP contribution is 2.33. The molecule has 2 aromatic heterocycles. The Morgan fingerprint density at radius 2 is 2.12 bits per heavy atom. The van der Waals surface area contributed by atoms with E-state index in [2.05, 4.69) is 15.4 Å². The fourth-order valence-corrected chi connectivity index (χ4v) is 2.41. The second kappa shape index (κ2) is 6.33. The Morgan fingerprint density at radius 1 is 1.36 bits per heavy atom. The number of nitrogens with zero attached hydrogens (tertiary/aromatic N) is 3. The number of hydrogen-bond acceptors (Lipinski definition) is 4. The zero-order valence-corrected chi connectivity index (χ0v) is 14.6. The summed E-state index contributed by atoms with van der Waals surface area (Å²) in [6.07, 6.45) is 2.61. The van der Waals surface area contributed by atoms with E-state index in [-0.39, 0.29) is 10.8 Å². The second-order valence-corrected chi connectivity index (χ2v) is 6.77. The van der Waals surface area contributed by atoms with Gasteiger partial charge in [0.25, 0.3) is 0 Å². The van der Waals surface area contributed by atoms with Crippen LogP contribution in [0.1, 0.15) is 20.8 Å². The standard InChI is InChI=1S/C17H16ClFN4O2/c1-17(2,3)25-16(24)21-14-13(10-5-6-11(18)12(19)9-10)15-20-7-4-8-23(15)22-14/h4-9H,1-3H3,(H,21,22,24). The highest BCUT2D eigenvalue weighted by molar-refractivity contribution is 6.30. The van der Waals surface area contributed by atoms with Crippen LogP contribution in [-0.4, -0.2) is 26.3 Å². The summed E-state index contributed by atoms with van der Waals surface area (Å²) in [5.41, 5.74) is 0.771. The van der Waals surface area contributed by atoms with Gasteiger partial charge in [0, 0.05) is 12.4 Å². The predicted molar refractivity (Wildman–Crippen MR) is 93.2 cm³/mol. The van der Waals surface area contributed by atoms with Gasteiger partial charge in [-0.15, -0.1) is 5.10 Å². The highest BCUT2D eigenvalue weighted by atomic mass is 35.5. The minimum absolute atomic E-state index is 0.00911. The zero-order valence-electron chi connectivity index (χ0n) is 13.9. The van der Waals surface area contributed by atoms with E-state index in [4.69, 9.17) is 16.3 Å². The monoisotopic (exact) mass is 362 g/mol. The molecule has 3 aromatic rings. The molecule has 2 heterocycles. The summed E-state index contributed by atoms with van der Waals surface area (Å²) in [6, 6.07) is 6.05. The van der Waals surface area contributed by atoms with E-state index in [1.807, 2.05) is 0 Å². The molecule has 0 aliphatic heterocycles. The normalized spacial score (nSPS) is 11.6. The van der Waals surface area contributed by atoms with Crippen molar-refractivity contribution in [3.8, 4) is 11.1 Å². The van der Waals surface area contributed by atoms with Crippen LogP contribution in [0.15, 0.2) is 36.7 Å². The summed E-state index contributed by atoms with van der Waals surface area (Å²) in [5.74, 6) is -0.354. The topological polar surface area (TPSA) is 68.5 Å². The number of carbonyl (C=O) groups is 1. The average molecular weight is 363 g/mol. The Balaban J connectivity index is 2.09. The summed E-state index contributed by atoms with van der Waals surface area (Å²) in [6.45, 7) is 5.27. The molecular weight excluding hydrogens is 347 g/mol. The molecule has 0 spiro atoms. The number of aromatic nitrogens is 3. The maximum atomic E-state index is 13.9. The van der Waals surface area contributed by atoms with E-state index in [1.54, 1.807) is 45.3 Å². The molecule has 1 N–H and O–H groups in total. The van der Waals surface area contributed by atoms with Crippen LogP contribution in [0.5, 0.6) is 0 Å². The molecule has 6 nitrogen and oxygen atoms in total. The Kier molecular flexibility index (Phi) is 4.34. The third-order valence-electron chi connectivity index (χ3n) is 3.22. The molecule has 130 valence electrons. The van der Waals surface area contributed by atoms with E-state index < -0.39 is 17.5 Å². The molecule has 25 heavy (non-hydrogen) atoms. The van der Waals surface area contributed by atoms with Crippen LogP contribution in [-0.2, 0) is 4.74 Å². The van der Waals surface area contributed by atoms with Crippen LogP contribution in [0.4, 0.5) is 15.0 Å². The van der Waals surface area contributed by atoms with Crippen molar-refractivity contribution in [1.82, 2.24) is 14.6 Å². The van der Waals surface area contributed by atoms with E-state index in [9.17, 15) is 9.18 Å². The van der Waals surface area contributed by atoms with Gasteiger partial charge in [0.1, 0.15) is 11.4 Å². The predicted octanol–water partition coefficient (Wildman–Crippen LogP) is 4.54. The second-order valence-electron chi connectivity index (χ2n) is 6.37. The van der Waals surface area contributed by atoms with Crippen molar-refractivity contribution in [3.63, 3.8) is 0 Å². The van der Waals surface area contributed by atoms with Crippen molar-refractivity contribution in [2.75, 3.05) is 5.32 Å². The molecule has 0 bridgehead atoms. The Bertz CT molecular complexity index is 949. The third-order valence-corrected chi connectivity index (χ3v) is 3.53. The van der Waals surface area contributed by atoms with Crippen molar-refractivity contribution < 1.29 is 13.9 Å². The van der Waals surface area contributed by atoms with Gasteiger partial charge in [-0.25, -0.2) is 18.7 Å². The maximum Gasteiger partial charge on any atom is 0.413 e. The molecule has 3 rings (SSSR count). The van der Waals surface area contributed by atoms with Gasteiger partial charge in [0.15, 0.2) is 11.5 Å². The third kappa shape index (κ3) is 3.71. The van der Waals surface area contributed by atoms with E-state index in [0.29, 0.717) is 16.8 Å². The van der Waals surface area contributed by atoms with Crippen LogP contribution in [0.25, 0.3) is 16.8 Å². The summed E-state index contributed by atoms with van der Waals surface area (Å²) >= 11 is 5.76. The molecule has 0 fully saturated rings. The Labute approximate surface area is 148 Å². The molecule has 0 atom stereocenters. The molecule has 0 saturated heterocycles. The van der Waals surface area contributed by atoms with Crippen LogP contribution in [0.3, 0.4) is 0 Å². The van der Waals surface area contributed by atoms with Crippen molar-refractivity contribution in [2.45, 2.75) is 26.4 Å². The Morgan fingerprint density at radius 3 is 2.80 bits per heavy atom. The Hall–Kier alpha value is -2.67. The minimum Gasteiger partial charge on any atom is -0.444 e. The van der Waals surface area contributed by atoms with Crippen LogP contribution >= 0.6 is 11.6 Å². The number of carbonyl (C=O) groups excluding carboxylic acids is 1. The first-order valence-electron chi connectivity index (χ1n) is 7.53. The number of benzene rings is 1. The lowest BCUT2D eigenvalue weighted by atomic mass is 10.1. The van der Waals surface area contributed by atoms with E-state index >= 15 is 0 Å². The van der Waals surface area contributed by atoms with Crippen molar-refractivity contribution >= 4 is 29.2 Å². The summed E-state index contributed by atoms with van der Waals surface area (Å²) < 4.78 is 20.6. The van der Waals surface area contributed by atoms with Gasteiger partial charge in [0.2, 0.25) is 0 Å². The molecule has 0 aliphatic rings. The average Bonchev–Trinajstić information content (AvgIpc) is 2.85. The van der Waals surface area contributed by atoms with Crippen LogP contribution in [0.2, 0.25) is 5.02 Å². The van der Waals surface area contributed by atoms with Gasteiger partial charge in [-0.05, 0) is 44.5 Å². The first kappa shape index (κ1) is 17.2. The fourth-order valence-electron chi connectivity index (χ4n) is 2.29. The van der Waals surface area contributed by atoms with Gasteiger partial charge in [-0.3, -0.25) is 5.32 Å². The van der Waals surface area contributed by atoms with Crippen molar-refractivity contribution in [2.24, 2.45) is 0 Å². The van der Waals surface area contributed by atoms with E-state index in [0.717, 1.165) is 0 Å². The number of fused-ring (bicyclic) bond motifs is 1. The number of halogens is 2. The molecule has 1 aromatic carbocycles. The lowest BCUT2D eigenvalue weighted by Gasteiger charge is -2.19. The van der Waals surface area contributed by atoms with Crippen LogP contribution < -0.4 is 5.32 Å². The largest absolute Gasteiger partial charge is 0.444 e. The number of hydrogen-bond donors (Lipinski definition) is 1.